The smallest absolute Gasteiger partial charge is 0.306 e. The summed E-state index contributed by atoms with van der Waals surface area (Å²) >= 11 is 0. The standard InChI is InChI=1S/C32H46O2/c1-4-5-6-7-8-9-10-11-12-13-17-26-21-22-27-18-15-19-29-30(24-23-28(26)32(27)29)34-31(33)20-14-16-25(2)3/h15,18-19,21-25,30H,4-14,16-17,20H2,1-3H3. The van der Waals surface area contributed by atoms with Crippen LogP contribution >= 0.6 is 0 Å². The topological polar surface area (TPSA) is 26.3 Å². The van der Waals surface area contributed by atoms with Crippen LogP contribution in [0.25, 0.3) is 16.8 Å². The van der Waals surface area contributed by atoms with Crippen molar-refractivity contribution < 1.29 is 9.53 Å². The fourth-order valence-electron chi connectivity index (χ4n) is 5.17. The number of unbranched alkanes of at least 4 members (excludes halogenated alkanes) is 9. The van der Waals surface area contributed by atoms with E-state index in [0.29, 0.717) is 12.3 Å². The van der Waals surface area contributed by atoms with Crippen molar-refractivity contribution in [2.75, 3.05) is 0 Å². The Bertz CT molecular complexity index is 924. The molecule has 0 aromatic heterocycles. The van der Waals surface area contributed by atoms with Gasteiger partial charge in [-0.1, -0.05) is 121 Å². The zero-order chi connectivity index (χ0) is 24.2. The number of esters is 1. The first-order valence-electron chi connectivity index (χ1n) is 14.0. The van der Waals surface area contributed by atoms with E-state index in [0.717, 1.165) is 24.8 Å². The molecule has 0 amide bonds. The zero-order valence-electron chi connectivity index (χ0n) is 21.9. The maximum absolute atomic E-state index is 12.4. The average molecular weight is 463 g/mol. The molecule has 2 nitrogen and oxygen atoms in total. The van der Waals surface area contributed by atoms with Crippen molar-refractivity contribution in [3.63, 3.8) is 0 Å². The molecule has 0 saturated heterocycles. The number of rotatable bonds is 16. The van der Waals surface area contributed by atoms with E-state index >= 15 is 0 Å². The lowest BCUT2D eigenvalue weighted by Gasteiger charge is -2.23. The Morgan fingerprint density at radius 2 is 1.59 bits per heavy atom. The Morgan fingerprint density at radius 3 is 2.29 bits per heavy atom. The van der Waals surface area contributed by atoms with Crippen molar-refractivity contribution >= 4 is 22.8 Å². The largest absolute Gasteiger partial charge is 0.453 e. The molecule has 0 aliphatic heterocycles. The van der Waals surface area contributed by atoms with Gasteiger partial charge in [0.05, 0.1) is 0 Å². The summed E-state index contributed by atoms with van der Waals surface area (Å²) in [5, 5.41) is 2.51. The van der Waals surface area contributed by atoms with Gasteiger partial charge in [0.15, 0.2) is 0 Å². The quantitative estimate of drug-likeness (QED) is 0.183. The van der Waals surface area contributed by atoms with Gasteiger partial charge in [-0.05, 0) is 53.2 Å². The minimum absolute atomic E-state index is 0.0859. The van der Waals surface area contributed by atoms with Crippen LogP contribution in [0.4, 0.5) is 0 Å². The second kappa shape index (κ2) is 14.3. The van der Waals surface area contributed by atoms with E-state index < -0.39 is 0 Å². The highest BCUT2D eigenvalue weighted by molar-refractivity contribution is 5.97. The highest BCUT2D eigenvalue weighted by Gasteiger charge is 2.22. The van der Waals surface area contributed by atoms with Gasteiger partial charge in [-0.25, -0.2) is 0 Å². The Hall–Kier alpha value is -2.09. The number of ether oxygens (including phenoxy) is 1. The minimum Gasteiger partial charge on any atom is -0.453 e. The summed E-state index contributed by atoms with van der Waals surface area (Å²) in [6.45, 7) is 6.67. The number of carbonyl (C=O) groups is 1. The molecule has 1 aliphatic rings. The molecule has 1 unspecified atom stereocenters. The number of hydrogen-bond donors (Lipinski definition) is 0. The van der Waals surface area contributed by atoms with Gasteiger partial charge in [0.25, 0.3) is 0 Å². The second-order valence-electron chi connectivity index (χ2n) is 10.6. The van der Waals surface area contributed by atoms with Gasteiger partial charge in [0.2, 0.25) is 0 Å². The van der Waals surface area contributed by atoms with E-state index in [4.69, 9.17) is 4.74 Å². The van der Waals surface area contributed by atoms with Gasteiger partial charge in [-0.2, -0.15) is 0 Å². The first-order valence-corrected chi connectivity index (χ1v) is 14.0. The lowest BCUT2D eigenvalue weighted by Crippen LogP contribution is -2.12. The van der Waals surface area contributed by atoms with Crippen molar-refractivity contribution in [3.8, 4) is 0 Å². The Kier molecular flexibility index (Phi) is 11.2. The van der Waals surface area contributed by atoms with Crippen molar-refractivity contribution in [3.05, 3.63) is 53.1 Å². The van der Waals surface area contributed by atoms with Crippen LogP contribution in [0.5, 0.6) is 0 Å². The van der Waals surface area contributed by atoms with Crippen molar-refractivity contribution in [2.45, 2.75) is 117 Å². The first-order chi connectivity index (χ1) is 16.6. The highest BCUT2D eigenvalue weighted by Crippen LogP contribution is 2.37. The van der Waals surface area contributed by atoms with Crippen LogP contribution in [-0.4, -0.2) is 5.97 Å². The molecule has 186 valence electrons. The molecule has 2 aromatic rings. The molecule has 1 atom stereocenters. The van der Waals surface area contributed by atoms with E-state index in [1.165, 1.54) is 86.1 Å². The fraction of sp³-hybridized carbons (Fsp3) is 0.594. The van der Waals surface area contributed by atoms with Crippen molar-refractivity contribution in [1.29, 1.82) is 0 Å². The van der Waals surface area contributed by atoms with Crippen LogP contribution in [0.1, 0.15) is 127 Å². The third-order valence-electron chi connectivity index (χ3n) is 7.17. The van der Waals surface area contributed by atoms with E-state index in [-0.39, 0.29) is 12.1 Å². The van der Waals surface area contributed by atoms with Gasteiger partial charge >= 0.3 is 5.97 Å². The SMILES string of the molecule is CCCCCCCCCCCCc1ccc2cccc3c2c1C=CC3OC(=O)CCCC(C)C. The van der Waals surface area contributed by atoms with Gasteiger partial charge in [0, 0.05) is 12.0 Å². The molecule has 0 radical (unpaired) electrons. The molecule has 1 aliphatic carbocycles. The third-order valence-corrected chi connectivity index (χ3v) is 7.17. The number of hydrogen-bond acceptors (Lipinski definition) is 2. The van der Waals surface area contributed by atoms with Gasteiger partial charge in [-0.3, -0.25) is 4.79 Å². The van der Waals surface area contributed by atoms with E-state index in [1.54, 1.807) is 0 Å². The number of carbonyl (C=O) groups excluding carboxylic acids is 1. The van der Waals surface area contributed by atoms with Crippen molar-refractivity contribution in [1.82, 2.24) is 0 Å². The third kappa shape index (κ3) is 8.00. The maximum Gasteiger partial charge on any atom is 0.306 e. The predicted octanol–water partition coefficient (Wildman–Crippen LogP) is 9.74. The second-order valence-corrected chi connectivity index (χ2v) is 10.6. The molecular formula is C32H46O2. The van der Waals surface area contributed by atoms with Gasteiger partial charge < -0.3 is 4.74 Å². The first kappa shape index (κ1) is 26.5. The summed E-state index contributed by atoms with van der Waals surface area (Å²) in [7, 11) is 0. The molecular weight excluding hydrogens is 416 g/mol. The van der Waals surface area contributed by atoms with Crippen LogP contribution < -0.4 is 0 Å². The van der Waals surface area contributed by atoms with E-state index in [1.807, 2.05) is 0 Å². The molecule has 2 heteroatoms. The molecule has 0 spiro atoms. The maximum atomic E-state index is 12.4. The molecule has 0 fully saturated rings. The summed E-state index contributed by atoms with van der Waals surface area (Å²) in [6.07, 6.45) is 21.3. The van der Waals surface area contributed by atoms with E-state index in [2.05, 4.69) is 63.3 Å². The average Bonchev–Trinajstić information content (AvgIpc) is 2.82. The highest BCUT2D eigenvalue weighted by atomic mass is 16.5. The Morgan fingerprint density at radius 1 is 0.882 bits per heavy atom. The summed E-state index contributed by atoms with van der Waals surface area (Å²) < 4.78 is 5.90. The van der Waals surface area contributed by atoms with Gasteiger partial charge in [-0.15, -0.1) is 0 Å². The summed E-state index contributed by atoms with van der Waals surface area (Å²) in [5.41, 5.74) is 3.89. The molecule has 34 heavy (non-hydrogen) atoms. The fourth-order valence-corrected chi connectivity index (χ4v) is 5.17. The normalized spacial score (nSPS) is 14.8. The van der Waals surface area contributed by atoms with Crippen LogP contribution in [0.15, 0.2) is 36.4 Å². The lowest BCUT2D eigenvalue weighted by molar-refractivity contribution is -0.147. The van der Waals surface area contributed by atoms with Crippen LogP contribution in [0.2, 0.25) is 0 Å². The number of benzene rings is 2. The molecule has 0 heterocycles. The Balaban J connectivity index is 1.53. The summed E-state index contributed by atoms with van der Waals surface area (Å²) in [4.78, 5) is 12.4. The van der Waals surface area contributed by atoms with Crippen LogP contribution in [-0.2, 0) is 16.0 Å². The molecule has 3 rings (SSSR count). The number of aryl methyl sites for hydroxylation is 1. The minimum atomic E-state index is -0.268. The van der Waals surface area contributed by atoms with Crippen molar-refractivity contribution in [2.24, 2.45) is 5.92 Å². The monoisotopic (exact) mass is 462 g/mol. The van der Waals surface area contributed by atoms with E-state index in [9.17, 15) is 4.79 Å². The molecule has 2 aromatic carbocycles. The molecule has 0 N–H and O–H groups in total. The predicted molar refractivity (Wildman–Crippen MR) is 146 cm³/mol. The lowest BCUT2D eigenvalue weighted by atomic mass is 9.87. The Labute approximate surface area is 208 Å². The van der Waals surface area contributed by atoms with Crippen LogP contribution in [0.3, 0.4) is 0 Å². The van der Waals surface area contributed by atoms with Crippen LogP contribution in [0, 0.1) is 5.92 Å². The molecule has 0 bridgehead atoms. The van der Waals surface area contributed by atoms with Gasteiger partial charge in [0.1, 0.15) is 6.10 Å². The molecule has 0 saturated carbocycles. The summed E-state index contributed by atoms with van der Waals surface area (Å²) in [6, 6.07) is 10.9. The zero-order valence-corrected chi connectivity index (χ0v) is 21.9. The summed E-state index contributed by atoms with van der Waals surface area (Å²) in [5.74, 6) is 0.536.